The van der Waals surface area contributed by atoms with Crippen molar-refractivity contribution in [2.45, 2.75) is 45.6 Å². The zero-order valence-electron chi connectivity index (χ0n) is 14.2. The highest BCUT2D eigenvalue weighted by molar-refractivity contribution is 7.17. The van der Waals surface area contributed by atoms with Crippen LogP contribution in [0.25, 0.3) is 5.13 Å². The molecule has 1 aliphatic carbocycles. The lowest BCUT2D eigenvalue weighted by Gasteiger charge is -2.30. The third-order valence-corrected chi connectivity index (χ3v) is 5.90. The molecule has 2 fully saturated rings. The molecule has 2 aromatic heterocycles. The Kier molecular flexibility index (Phi) is 4.04. The van der Waals surface area contributed by atoms with E-state index in [2.05, 4.69) is 51.0 Å². The van der Waals surface area contributed by atoms with Gasteiger partial charge < -0.3 is 10.2 Å². The van der Waals surface area contributed by atoms with Gasteiger partial charge in [-0.25, -0.2) is 0 Å². The van der Waals surface area contributed by atoms with E-state index in [4.69, 9.17) is 0 Å². The maximum absolute atomic E-state index is 12.2. The molecule has 1 saturated heterocycles. The average Bonchev–Trinajstić information content (AvgIpc) is 3.15. The van der Waals surface area contributed by atoms with Crippen molar-refractivity contribution in [3.05, 3.63) is 23.5 Å². The van der Waals surface area contributed by atoms with E-state index < -0.39 is 0 Å². The minimum Gasteiger partial charge on any atom is -0.353 e. The second-order valence-corrected chi connectivity index (χ2v) is 7.80. The molecule has 0 spiro atoms. The largest absolute Gasteiger partial charge is 0.353 e. The second-order valence-electron chi connectivity index (χ2n) is 6.86. The first-order chi connectivity index (χ1) is 11.6. The monoisotopic (exact) mass is 345 g/mol. The molecule has 7 heteroatoms. The molecule has 4 rings (SSSR count). The van der Waals surface area contributed by atoms with E-state index in [-0.39, 0.29) is 11.8 Å². The fourth-order valence-electron chi connectivity index (χ4n) is 3.28. The first kappa shape index (κ1) is 15.6. The lowest BCUT2D eigenvalue weighted by atomic mass is 9.96. The van der Waals surface area contributed by atoms with Crippen LogP contribution in [0.2, 0.25) is 0 Å². The summed E-state index contributed by atoms with van der Waals surface area (Å²) in [5.41, 5.74) is 2.34. The van der Waals surface area contributed by atoms with E-state index in [9.17, 15) is 4.79 Å². The Balaban J connectivity index is 1.40. The normalized spacial score (nSPS) is 18.8. The Morgan fingerprint density at radius 1 is 1.08 bits per heavy atom. The van der Waals surface area contributed by atoms with Gasteiger partial charge in [-0.15, -0.1) is 10.2 Å². The molecule has 6 nitrogen and oxygen atoms in total. The maximum Gasteiger partial charge on any atom is 0.223 e. The van der Waals surface area contributed by atoms with Gasteiger partial charge in [0.1, 0.15) is 0 Å². The third kappa shape index (κ3) is 3.05. The molecule has 1 N–H and O–H groups in total. The zero-order chi connectivity index (χ0) is 16.7. The smallest absolute Gasteiger partial charge is 0.223 e. The predicted molar refractivity (Wildman–Crippen MR) is 94.8 cm³/mol. The first-order valence-corrected chi connectivity index (χ1v) is 9.47. The van der Waals surface area contributed by atoms with Gasteiger partial charge in [0.25, 0.3) is 0 Å². The number of carbonyl (C=O) groups is 1. The highest BCUT2D eigenvalue weighted by atomic mass is 32.1. The minimum absolute atomic E-state index is 0.156. The van der Waals surface area contributed by atoms with Crippen LogP contribution in [-0.2, 0) is 4.79 Å². The van der Waals surface area contributed by atoms with Crippen LogP contribution < -0.4 is 10.2 Å². The van der Waals surface area contributed by atoms with E-state index in [0.717, 1.165) is 49.0 Å². The van der Waals surface area contributed by atoms with E-state index in [1.807, 2.05) is 0 Å². The van der Waals surface area contributed by atoms with Crippen LogP contribution in [0.5, 0.6) is 0 Å². The van der Waals surface area contributed by atoms with Crippen molar-refractivity contribution in [2.75, 3.05) is 18.0 Å². The van der Waals surface area contributed by atoms with Crippen molar-refractivity contribution in [3.8, 4) is 5.13 Å². The fraction of sp³-hybridized carbons (Fsp3) is 0.588. The SMILES string of the molecule is Cc1ccc(C)n1-c1nnc(N2CCC(C(=O)NC3CC3)CC2)s1. The molecule has 3 heterocycles. The predicted octanol–water partition coefficient (Wildman–Crippen LogP) is 2.44. The summed E-state index contributed by atoms with van der Waals surface area (Å²) in [5.74, 6) is 0.400. The molecule has 1 saturated carbocycles. The Morgan fingerprint density at radius 3 is 2.33 bits per heavy atom. The van der Waals surface area contributed by atoms with Crippen molar-refractivity contribution in [3.63, 3.8) is 0 Å². The zero-order valence-corrected chi connectivity index (χ0v) is 15.0. The topological polar surface area (TPSA) is 63.1 Å². The van der Waals surface area contributed by atoms with Crippen LogP contribution in [0.4, 0.5) is 5.13 Å². The summed E-state index contributed by atoms with van der Waals surface area (Å²) >= 11 is 1.62. The second kappa shape index (κ2) is 6.20. The summed E-state index contributed by atoms with van der Waals surface area (Å²) in [6.07, 6.45) is 4.09. The number of hydrogen-bond donors (Lipinski definition) is 1. The molecular weight excluding hydrogens is 322 g/mol. The van der Waals surface area contributed by atoms with Crippen LogP contribution in [0.15, 0.2) is 12.1 Å². The number of piperidine rings is 1. The van der Waals surface area contributed by atoms with Crippen molar-refractivity contribution in [1.82, 2.24) is 20.1 Å². The Labute approximate surface area is 145 Å². The van der Waals surface area contributed by atoms with Crippen LogP contribution in [0.3, 0.4) is 0 Å². The van der Waals surface area contributed by atoms with Gasteiger partial charge in [-0.05, 0) is 51.7 Å². The van der Waals surface area contributed by atoms with Gasteiger partial charge in [-0.2, -0.15) is 0 Å². The van der Waals surface area contributed by atoms with Crippen LogP contribution in [0.1, 0.15) is 37.1 Å². The number of hydrogen-bond acceptors (Lipinski definition) is 5. The number of aromatic nitrogens is 3. The molecule has 0 radical (unpaired) electrons. The Hall–Kier alpha value is -1.89. The van der Waals surface area contributed by atoms with Crippen molar-refractivity contribution < 1.29 is 4.79 Å². The van der Waals surface area contributed by atoms with Gasteiger partial charge in [0, 0.05) is 36.4 Å². The molecule has 0 unspecified atom stereocenters. The Morgan fingerprint density at radius 2 is 1.71 bits per heavy atom. The van der Waals surface area contributed by atoms with E-state index in [0.29, 0.717) is 6.04 Å². The number of anilines is 1. The molecule has 2 aliphatic rings. The van der Waals surface area contributed by atoms with Gasteiger partial charge in [0.15, 0.2) is 0 Å². The molecule has 2 aromatic rings. The number of aryl methyl sites for hydroxylation is 2. The van der Waals surface area contributed by atoms with E-state index >= 15 is 0 Å². The number of amides is 1. The maximum atomic E-state index is 12.2. The highest BCUT2D eigenvalue weighted by Gasteiger charge is 2.30. The summed E-state index contributed by atoms with van der Waals surface area (Å²) in [5, 5.41) is 13.7. The van der Waals surface area contributed by atoms with Crippen LogP contribution >= 0.6 is 11.3 Å². The summed E-state index contributed by atoms with van der Waals surface area (Å²) in [6, 6.07) is 4.65. The van der Waals surface area contributed by atoms with E-state index in [1.165, 1.54) is 11.4 Å². The van der Waals surface area contributed by atoms with Gasteiger partial charge in [-0.3, -0.25) is 9.36 Å². The number of nitrogens with one attached hydrogen (secondary N) is 1. The molecule has 1 aliphatic heterocycles. The van der Waals surface area contributed by atoms with Gasteiger partial charge in [0.2, 0.25) is 16.2 Å². The lowest BCUT2D eigenvalue weighted by molar-refractivity contribution is -0.125. The van der Waals surface area contributed by atoms with Crippen LogP contribution in [-0.4, -0.2) is 39.8 Å². The number of nitrogens with zero attached hydrogens (tertiary/aromatic N) is 4. The molecule has 128 valence electrons. The summed E-state index contributed by atoms with van der Waals surface area (Å²) < 4.78 is 2.14. The molecule has 1 amide bonds. The fourth-order valence-corrected chi connectivity index (χ4v) is 4.29. The van der Waals surface area contributed by atoms with Gasteiger partial charge >= 0.3 is 0 Å². The lowest BCUT2D eigenvalue weighted by Crippen LogP contribution is -2.41. The average molecular weight is 345 g/mol. The van der Waals surface area contributed by atoms with Crippen molar-refractivity contribution >= 4 is 22.4 Å². The van der Waals surface area contributed by atoms with Crippen LogP contribution in [0, 0.1) is 19.8 Å². The quantitative estimate of drug-likeness (QED) is 0.924. The molecular formula is C17H23N5OS. The molecule has 0 aromatic carbocycles. The summed E-state index contributed by atoms with van der Waals surface area (Å²) in [6.45, 7) is 5.91. The molecule has 24 heavy (non-hydrogen) atoms. The molecule has 0 bridgehead atoms. The summed E-state index contributed by atoms with van der Waals surface area (Å²) in [7, 11) is 0. The summed E-state index contributed by atoms with van der Waals surface area (Å²) in [4.78, 5) is 14.4. The van der Waals surface area contributed by atoms with Gasteiger partial charge in [0.05, 0.1) is 0 Å². The van der Waals surface area contributed by atoms with Crippen molar-refractivity contribution in [2.24, 2.45) is 5.92 Å². The highest BCUT2D eigenvalue weighted by Crippen LogP contribution is 2.29. The van der Waals surface area contributed by atoms with E-state index in [1.54, 1.807) is 11.3 Å². The standard InChI is InChI=1S/C17H23N5OS/c1-11-3-4-12(2)22(11)17-20-19-16(24-17)21-9-7-13(8-10-21)15(23)18-14-5-6-14/h3-4,13-14H,5-10H2,1-2H3,(H,18,23). The number of carbonyl (C=O) groups excluding carboxylic acids is 1. The minimum atomic E-state index is 0.156. The molecule has 0 atom stereocenters. The number of rotatable bonds is 4. The Bertz CT molecular complexity index is 720. The first-order valence-electron chi connectivity index (χ1n) is 8.66. The third-order valence-electron chi connectivity index (χ3n) is 4.93. The van der Waals surface area contributed by atoms with Gasteiger partial charge in [-0.1, -0.05) is 11.3 Å². The van der Waals surface area contributed by atoms with Crippen molar-refractivity contribution in [1.29, 1.82) is 0 Å².